The van der Waals surface area contributed by atoms with Crippen molar-refractivity contribution < 1.29 is 9.84 Å². The van der Waals surface area contributed by atoms with Gasteiger partial charge in [-0.3, -0.25) is 0 Å². The van der Waals surface area contributed by atoms with Crippen molar-refractivity contribution in [2.75, 3.05) is 7.11 Å². The van der Waals surface area contributed by atoms with Gasteiger partial charge in [-0.2, -0.15) is 0 Å². The molecular formula is C11H16O2. The molecule has 0 aliphatic carbocycles. The van der Waals surface area contributed by atoms with Crippen LogP contribution in [0.1, 0.15) is 31.1 Å². The summed E-state index contributed by atoms with van der Waals surface area (Å²) in [4.78, 5) is 0. The van der Waals surface area contributed by atoms with Gasteiger partial charge in [0.1, 0.15) is 5.75 Å². The first kappa shape index (κ1) is 10.1. The lowest BCUT2D eigenvalue weighted by Gasteiger charge is -2.11. The maximum Gasteiger partial charge on any atom is 0.119 e. The molecule has 2 heteroatoms. The Morgan fingerprint density at radius 2 is 2.15 bits per heavy atom. The van der Waals surface area contributed by atoms with E-state index < -0.39 is 6.10 Å². The number of hydrogen-bond donors (Lipinski definition) is 1. The zero-order valence-corrected chi connectivity index (χ0v) is 8.37. The molecule has 0 radical (unpaired) electrons. The van der Waals surface area contributed by atoms with Crippen LogP contribution in [0.5, 0.6) is 5.75 Å². The molecule has 1 aromatic carbocycles. The molecule has 72 valence electrons. The van der Waals surface area contributed by atoms with Gasteiger partial charge in [0.2, 0.25) is 0 Å². The summed E-state index contributed by atoms with van der Waals surface area (Å²) < 4.78 is 5.11. The minimum atomic E-state index is -0.402. The minimum absolute atomic E-state index is 0.402. The van der Waals surface area contributed by atoms with Gasteiger partial charge in [-0.25, -0.2) is 0 Å². The van der Waals surface area contributed by atoms with Crippen molar-refractivity contribution in [2.45, 2.75) is 26.4 Å². The highest BCUT2D eigenvalue weighted by Gasteiger charge is 2.06. The van der Waals surface area contributed by atoms with Crippen molar-refractivity contribution in [2.24, 2.45) is 0 Å². The normalized spacial score (nSPS) is 12.6. The Bertz CT molecular complexity index is 279. The van der Waals surface area contributed by atoms with Crippen molar-refractivity contribution in [3.63, 3.8) is 0 Å². The zero-order chi connectivity index (χ0) is 9.84. The number of rotatable bonds is 3. The third kappa shape index (κ3) is 2.22. The predicted molar refractivity (Wildman–Crippen MR) is 53.0 cm³/mol. The van der Waals surface area contributed by atoms with E-state index in [1.807, 2.05) is 18.2 Å². The van der Waals surface area contributed by atoms with E-state index in [4.69, 9.17) is 4.74 Å². The first-order valence-electron chi connectivity index (χ1n) is 4.54. The van der Waals surface area contributed by atoms with E-state index >= 15 is 0 Å². The molecule has 1 unspecified atom stereocenters. The molecule has 1 aromatic rings. The minimum Gasteiger partial charge on any atom is -0.497 e. The second kappa shape index (κ2) is 4.28. The summed E-state index contributed by atoms with van der Waals surface area (Å²) in [7, 11) is 1.65. The Balaban J connectivity index is 3.08. The van der Waals surface area contributed by atoms with Gasteiger partial charge in [-0.1, -0.05) is 13.0 Å². The van der Waals surface area contributed by atoms with Gasteiger partial charge < -0.3 is 9.84 Å². The molecule has 0 aliphatic heterocycles. The first-order valence-corrected chi connectivity index (χ1v) is 4.54. The summed E-state index contributed by atoms with van der Waals surface area (Å²) in [5.41, 5.74) is 2.14. The fourth-order valence-electron chi connectivity index (χ4n) is 1.42. The summed E-state index contributed by atoms with van der Waals surface area (Å²) in [6, 6.07) is 5.77. The van der Waals surface area contributed by atoms with E-state index in [9.17, 15) is 5.11 Å². The number of aryl methyl sites for hydroxylation is 1. The molecular weight excluding hydrogens is 164 g/mol. The van der Waals surface area contributed by atoms with Crippen molar-refractivity contribution >= 4 is 0 Å². The number of benzene rings is 1. The van der Waals surface area contributed by atoms with Crippen LogP contribution in [0.4, 0.5) is 0 Å². The number of hydrogen-bond acceptors (Lipinski definition) is 2. The van der Waals surface area contributed by atoms with Crippen molar-refractivity contribution in [1.82, 2.24) is 0 Å². The first-order chi connectivity index (χ1) is 6.19. The molecule has 2 nitrogen and oxygen atoms in total. The Kier molecular flexibility index (Phi) is 3.32. The molecule has 1 rings (SSSR count). The van der Waals surface area contributed by atoms with Gasteiger partial charge in [0.05, 0.1) is 13.2 Å². The van der Waals surface area contributed by atoms with Crippen molar-refractivity contribution in [1.29, 1.82) is 0 Å². The van der Waals surface area contributed by atoms with Gasteiger partial charge in [0, 0.05) is 0 Å². The quantitative estimate of drug-likeness (QED) is 0.773. The highest BCUT2D eigenvalue weighted by atomic mass is 16.5. The van der Waals surface area contributed by atoms with E-state index in [0.717, 1.165) is 23.3 Å². The lowest BCUT2D eigenvalue weighted by molar-refractivity contribution is 0.198. The second-order valence-electron chi connectivity index (χ2n) is 3.09. The third-order valence-corrected chi connectivity index (χ3v) is 2.18. The predicted octanol–water partition coefficient (Wildman–Crippen LogP) is 2.31. The SMILES string of the molecule is CCc1cc(OC)ccc1C(C)O. The van der Waals surface area contributed by atoms with Crippen LogP contribution < -0.4 is 4.74 Å². The summed E-state index contributed by atoms with van der Waals surface area (Å²) in [5, 5.41) is 9.46. The molecule has 0 bridgehead atoms. The Morgan fingerprint density at radius 1 is 1.46 bits per heavy atom. The molecule has 1 atom stereocenters. The Labute approximate surface area is 79.2 Å². The summed E-state index contributed by atoms with van der Waals surface area (Å²) in [6.45, 7) is 3.85. The van der Waals surface area contributed by atoms with Crippen LogP contribution in [0.15, 0.2) is 18.2 Å². The lowest BCUT2D eigenvalue weighted by atomic mass is 10.0. The summed E-state index contributed by atoms with van der Waals surface area (Å²) in [5.74, 6) is 0.848. The molecule has 0 saturated heterocycles. The van der Waals surface area contributed by atoms with Crippen LogP contribution in [-0.2, 0) is 6.42 Å². The van der Waals surface area contributed by atoms with Crippen LogP contribution >= 0.6 is 0 Å². The topological polar surface area (TPSA) is 29.5 Å². The monoisotopic (exact) mass is 180 g/mol. The molecule has 0 fully saturated rings. The van der Waals surface area contributed by atoms with Crippen LogP contribution in [0.3, 0.4) is 0 Å². The van der Waals surface area contributed by atoms with Crippen molar-refractivity contribution in [3.05, 3.63) is 29.3 Å². The maximum atomic E-state index is 9.46. The molecule has 0 aliphatic rings. The number of aliphatic hydroxyl groups excluding tert-OH is 1. The zero-order valence-electron chi connectivity index (χ0n) is 8.37. The molecule has 0 amide bonds. The smallest absolute Gasteiger partial charge is 0.119 e. The molecule has 0 saturated carbocycles. The molecule has 13 heavy (non-hydrogen) atoms. The van der Waals surface area contributed by atoms with E-state index in [2.05, 4.69) is 6.92 Å². The second-order valence-corrected chi connectivity index (χ2v) is 3.09. The molecule has 0 spiro atoms. The number of aliphatic hydroxyl groups is 1. The molecule has 0 heterocycles. The van der Waals surface area contributed by atoms with E-state index in [-0.39, 0.29) is 0 Å². The number of ether oxygens (including phenoxy) is 1. The number of methoxy groups -OCH3 is 1. The van der Waals surface area contributed by atoms with E-state index in [1.165, 1.54) is 0 Å². The lowest BCUT2D eigenvalue weighted by Crippen LogP contribution is -1.98. The van der Waals surface area contributed by atoms with Gasteiger partial charge in [0.15, 0.2) is 0 Å². The molecule has 0 aromatic heterocycles. The molecule has 1 N–H and O–H groups in total. The highest BCUT2D eigenvalue weighted by Crippen LogP contribution is 2.23. The Morgan fingerprint density at radius 3 is 2.62 bits per heavy atom. The maximum absolute atomic E-state index is 9.46. The van der Waals surface area contributed by atoms with Crippen LogP contribution in [0.2, 0.25) is 0 Å². The fourth-order valence-corrected chi connectivity index (χ4v) is 1.42. The van der Waals surface area contributed by atoms with Gasteiger partial charge in [-0.15, -0.1) is 0 Å². The Hall–Kier alpha value is -1.02. The summed E-state index contributed by atoms with van der Waals surface area (Å²) >= 11 is 0. The highest BCUT2D eigenvalue weighted by molar-refractivity contribution is 5.36. The van der Waals surface area contributed by atoms with Crippen LogP contribution in [-0.4, -0.2) is 12.2 Å². The van der Waals surface area contributed by atoms with E-state index in [0.29, 0.717) is 0 Å². The fraction of sp³-hybridized carbons (Fsp3) is 0.455. The van der Waals surface area contributed by atoms with Crippen molar-refractivity contribution in [3.8, 4) is 5.75 Å². The van der Waals surface area contributed by atoms with Crippen LogP contribution in [0, 0.1) is 0 Å². The third-order valence-electron chi connectivity index (χ3n) is 2.18. The van der Waals surface area contributed by atoms with E-state index in [1.54, 1.807) is 14.0 Å². The van der Waals surface area contributed by atoms with Crippen LogP contribution in [0.25, 0.3) is 0 Å². The van der Waals surface area contributed by atoms with Gasteiger partial charge >= 0.3 is 0 Å². The van der Waals surface area contributed by atoms with Gasteiger partial charge in [-0.05, 0) is 36.6 Å². The average molecular weight is 180 g/mol. The largest absolute Gasteiger partial charge is 0.497 e. The summed E-state index contributed by atoms with van der Waals surface area (Å²) in [6.07, 6.45) is 0.512. The average Bonchev–Trinajstić information content (AvgIpc) is 2.16. The standard InChI is InChI=1S/C11H16O2/c1-4-9-7-10(13-3)5-6-11(9)8(2)12/h5-8,12H,4H2,1-3H3. The van der Waals surface area contributed by atoms with Gasteiger partial charge in [0.25, 0.3) is 0 Å².